The Bertz CT molecular complexity index is 726. The Kier molecular flexibility index (Phi) is 4.48. The van der Waals surface area contributed by atoms with E-state index in [0.29, 0.717) is 18.5 Å². The summed E-state index contributed by atoms with van der Waals surface area (Å²) in [6, 6.07) is 14.5. The normalized spacial score (nSPS) is 17.4. The highest BCUT2D eigenvalue weighted by Crippen LogP contribution is 2.22. The van der Waals surface area contributed by atoms with Crippen LogP contribution in [-0.2, 0) is 4.79 Å². The van der Waals surface area contributed by atoms with Gasteiger partial charge in [-0.25, -0.2) is 0 Å². The van der Waals surface area contributed by atoms with Crippen LogP contribution < -0.4 is 10.2 Å². The van der Waals surface area contributed by atoms with Crippen molar-refractivity contribution in [1.82, 2.24) is 5.32 Å². The topological polar surface area (TPSA) is 49.4 Å². The first-order valence-corrected chi connectivity index (χ1v) is 8.28. The van der Waals surface area contributed by atoms with Gasteiger partial charge in [-0.05, 0) is 49.7 Å². The van der Waals surface area contributed by atoms with Crippen LogP contribution in [0.1, 0.15) is 22.3 Å². The van der Waals surface area contributed by atoms with E-state index in [1.54, 1.807) is 17.0 Å². The van der Waals surface area contributed by atoms with Gasteiger partial charge in [0.15, 0.2) is 0 Å². The summed E-state index contributed by atoms with van der Waals surface area (Å²) in [5, 5.41) is 2.83. The van der Waals surface area contributed by atoms with E-state index >= 15 is 0 Å². The van der Waals surface area contributed by atoms with Gasteiger partial charge in [-0.1, -0.05) is 33.6 Å². The lowest BCUT2D eigenvalue weighted by molar-refractivity contribution is -0.118. The summed E-state index contributed by atoms with van der Waals surface area (Å²) >= 11 is 3.34. The second-order valence-electron chi connectivity index (χ2n) is 5.65. The number of amides is 2. The maximum absolute atomic E-state index is 12.5. The van der Waals surface area contributed by atoms with E-state index in [1.165, 1.54) is 0 Å². The summed E-state index contributed by atoms with van der Waals surface area (Å²) in [6.07, 6.45) is 0.620. The predicted octanol–water partition coefficient (Wildman–Crippen LogP) is 3.29. The van der Waals surface area contributed by atoms with Crippen molar-refractivity contribution in [1.29, 1.82) is 0 Å². The minimum Gasteiger partial charge on any atom is -0.340 e. The number of benzene rings is 2. The molecule has 0 unspecified atom stereocenters. The molecule has 0 radical (unpaired) electrons. The average Bonchev–Trinajstić information content (AvgIpc) is 2.90. The van der Waals surface area contributed by atoms with E-state index in [9.17, 15) is 9.59 Å². The van der Waals surface area contributed by atoms with Crippen LogP contribution in [0.2, 0.25) is 0 Å². The lowest BCUT2D eigenvalue weighted by atomic mass is 10.2. The van der Waals surface area contributed by atoms with Crippen LogP contribution in [0.3, 0.4) is 0 Å². The van der Waals surface area contributed by atoms with Gasteiger partial charge in [-0.3, -0.25) is 9.59 Å². The molecule has 1 N–H and O–H groups in total. The average molecular weight is 373 g/mol. The molecule has 118 valence electrons. The third-order valence-corrected chi connectivity index (χ3v) is 4.49. The molecule has 23 heavy (non-hydrogen) atoms. The Hall–Kier alpha value is -2.14. The maximum atomic E-state index is 12.5. The molecule has 0 saturated carbocycles. The van der Waals surface area contributed by atoms with Crippen LogP contribution in [-0.4, -0.2) is 24.4 Å². The molecule has 2 aromatic rings. The number of aryl methyl sites for hydroxylation is 1. The highest BCUT2D eigenvalue weighted by molar-refractivity contribution is 9.10. The minimum atomic E-state index is -0.465. The number of rotatable bonds is 3. The Morgan fingerprint density at radius 2 is 1.78 bits per heavy atom. The zero-order valence-corrected chi connectivity index (χ0v) is 14.3. The molecule has 0 aromatic heterocycles. The van der Waals surface area contributed by atoms with Gasteiger partial charge >= 0.3 is 0 Å². The molecule has 1 saturated heterocycles. The Morgan fingerprint density at radius 1 is 1.13 bits per heavy atom. The smallest absolute Gasteiger partial charge is 0.251 e. The first-order valence-electron chi connectivity index (χ1n) is 7.49. The molecule has 1 aliphatic heterocycles. The van der Waals surface area contributed by atoms with E-state index in [-0.39, 0.29) is 11.8 Å². The van der Waals surface area contributed by atoms with Gasteiger partial charge in [0.25, 0.3) is 5.91 Å². The zero-order valence-electron chi connectivity index (χ0n) is 12.8. The molecule has 0 spiro atoms. The third-order valence-electron chi connectivity index (χ3n) is 3.96. The number of carbonyl (C=O) groups is 2. The number of nitrogens with zero attached hydrogens (tertiary/aromatic N) is 1. The molecular weight excluding hydrogens is 356 g/mol. The van der Waals surface area contributed by atoms with Crippen LogP contribution in [0.5, 0.6) is 0 Å². The van der Waals surface area contributed by atoms with Crippen molar-refractivity contribution in [2.45, 2.75) is 19.4 Å². The number of anilines is 1. The summed E-state index contributed by atoms with van der Waals surface area (Å²) in [6.45, 7) is 2.63. The van der Waals surface area contributed by atoms with Crippen LogP contribution in [0.4, 0.5) is 5.69 Å². The van der Waals surface area contributed by atoms with Crippen molar-refractivity contribution in [2.75, 3.05) is 11.4 Å². The van der Waals surface area contributed by atoms with Crippen LogP contribution in [0.25, 0.3) is 0 Å². The second-order valence-corrected chi connectivity index (χ2v) is 6.56. The SMILES string of the molecule is Cc1ccc(N2CC[C@@H](NC(=O)c3ccc(Br)cc3)C2=O)cc1. The quantitative estimate of drug-likeness (QED) is 0.898. The van der Waals surface area contributed by atoms with E-state index in [1.807, 2.05) is 43.3 Å². The summed E-state index contributed by atoms with van der Waals surface area (Å²) in [4.78, 5) is 26.5. The molecule has 0 aliphatic carbocycles. The van der Waals surface area contributed by atoms with Gasteiger partial charge < -0.3 is 10.2 Å². The predicted molar refractivity (Wildman–Crippen MR) is 93.5 cm³/mol. The van der Waals surface area contributed by atoms with Gasteiger partial charge in [0, 0.05) is 22.3 Å². The molecular formula is C18H17BrN2O2. The Labute approximate surface area is 143 Å². The van der Waals surface area contributed by atoms with E-state index < -0.39 is 6.04 Å². The highest BCUT2D eigenvalue weighted by Gasteiger charge is 2.33. The molecule has 1 heterocycles. The molecule has 1 aliphatic rings. The fourth-order valence-electron chi connectivity index (χ4n) is 2.64. The van der Waals surface area contributed by atoms with Gasteiger partial charge in [-0.2, -0.15) is 0 Å². The van der Waals surface area contributed by atoms with Crippen LogP contribution in [0.15, 0.2) is 53.0 Å². The molecule has 2 amide bonds. The summed E-state index contributed by atoms with van der Waals surface area (Å²) in [5.41, 5.74) is 2.58. The van der Waals surface area contributed by atoms with E-state index in [4.69, 9.17) is 0 Å². The number of hydrogen-bond acceptors (Lipinski definition) is 2. The lowest BCUT2D eigenvalue weighted by Crippen LogP contribution is -2.41. The molecule has 3 rings (SSSR count). The monoisotopic (exact) mass is 372 g/mol. The first-order chi connectivity index (χ1) is 11.0. The molecule has 1 atom stereocenters. The number of hydrogen-bond donors (Lipinski definition) is 1. The van der Waals surface area contributed by atoms with Crippen LogP contribution in [0, 0.1) is 6.92 Å². The molecule has 0 bridgehead atoms. The molecule has 1 fully saturated rings. The van der Waals surface area contributed by atoms with E-state index in [0.717, 1.165) is 15.7 Å². The zero-order chi connectivity index (χ0) is 16.4. The van der Waals surface area contributed by atoms with Gasteiger partial charge in [-0.15, -0.1) is 0 Å². The molecule has 5 heteroatoms. The standard InChI is InChI=1S/C18H17BrN2O2/c1-12-2-8-15(9-3-12)21-11-10-16(18(21)23)20-17(22)13-4-6-14(19)7-5-13/h2-9,16H,10-11H2,1H3,(H,20,22)/t16-/m1/s1. The van der Waals surface area contributed by atoms with Crippen molar-refractivity contribution in [2.24, 2.45) is 0 Å². The summed E-state index contributed by atoms with van der Waals surface area (Å²) in [7, 11) is 0. The molecule has 2 aromatic carbocycles. The minimum absolute atomic E-state index is 0.0562. The van der Waals surface area contributed by atoms with E-state index in [2.05, 4.69) is 21.2 Å². The van der Waals surface area contributed by atoms with Crippen LogP contribution >= 0.6 is 15.9 Å². The first kappa shape index (κ1) is 15.7. The van der Waals surface area contributed by atoms with Crippen molar-refractivity contribution in [3.8, 4) is 0 Å². The van der Waals surface area contributed by atoms with Crippen molar-refractivity contribution >= 4 is 33.4 Å². The maximum Gasteiger partial charge on any atom is 0.251 e. The Morgan fingerprint density at radius 3 is 2.43 bits per heavy atom. The lowest BCUT2D eigenvalue weighted by Gasteiger charge is -2.17. The van der Waals surface area contributed by atoms with Crippen molar-refractivity contribution in [3.63, 3.8) is 0 Å². The third kappa shape index (κ3) is 3.45. The fraction of sp³-hybridized carbons (Fsp3) is 0.222. The summed E-state index contributed by atoms with van der Waals surface area (Å²) in [5.74, 6) is -0.277. The van der Waals surface area contributed by atoms with Gasteiger partial charge in [0.2, 0.25) is 5.91 Å². The Balaban J connectivity index is 1.68. The largest absolute Gasteiger partial charge is 0.340 e. The molecule has 4 nitrogen and oxygen atoms in total. The summed E-state index contributed by atoms with van der Waals surface area (Å²) < 4.78 is 0.913. The second kappa shape index (κ2) is 6.54. The van der Waals surface area contributed by atoms with Crippen molar-refractivity contribution in [3.05, 3.63) is 64.1 Å². The fourth-order valence-corrected chi connectivity index (χ4v) is 2.90. The van der Waals surface area contributed by atoms with Gasteiger partial charge in [0.1, 0.15) is 6.04 Å². The highest BCUT2D eigenvalue weighted by atomic mass is 79.9. The number of nitrogens with one attached hydrogen (secondary N) is 1. The van der Waals surface area contributed by atoms with Crippen molar-refractivity contribution < 1.29 is 9.59 Å². The van der Waals surface area contributed by atoms with Gasteiger partial charge in [0.05, 0.1) is 0 Å². The number of carbonyl (C=O) groups excluding carboxylic acids is 2. The number of halogens is 1.